The smallest absolute Gasteiger partial charge is 0.293 e. The first-order valence-electron chi connectivity index (χ1n) is 8.37. The molecule has 1 saturated heterocycles. The highest BCUT2D eigenvalue weighted by Gasteiger charge is 2.36. The molecule has 29 heavy (non-hydrogen) atoms. The van der Waals surface area contributed by atoms with E-state index in [0.29, 0.717) is 22.8 Å². The van der Waals surface area contributed by atoms with Gasteiger partial charge in [-0.1, -0.05) is 17.7 Å². The summed E-state index contributed by atoms with van der Waals surface area (Å²) in [4.78, 5) is 26.3. The summed E-state index contributed by atoms with van der Waals surface area (Å²) < 4.78 is 30.0. The second-order valence-corrected chi connectivity index (χ2v) is 7.31. The molecule has 2 aromatic carbocycles. The van der Waals surface area contributed by atoms with E-state index in [0.717, 1.165) is 16.7 Å². The van der Waals surface area contributed by atoms with Crippen molar-refractivity contribution >= 4 is 40.6 Å². The minimum Gasteiger partial charge on any atom is -0.496 e. The Hall–Kier alpha value is -2.71. The molecule has 0 aromatic heterocycles. The molecule has 1 aliphatic heterocycles. The number of ether oxygens (including phenoxy) is 3. The summed E-state index contributed by atoms with van der Waals surface area (Å²) in [5.74, 6) is 0.187. The van der Waals surface area contributed by atoms with Gasteiger partial charge in [-0.3, -0.25) is 14.5 Å². The molecule has 2 aromatic rings. The maximum atomic E-state index is 14.1. The fourth-order valence-electron chi connectivity index (χ4n) is 2.78. The molecule has 2 amide bonds. The van der Waals surface area contributed by atoms with Gasteiger partial charge in [0.1, 0.15) is 23.1 Å². The largest absolute Gasteiger partial charge is 0.496 e. The molecule has 0 radical (unpaired) electrons. The van der Waals surface area contributed by atoms with Crippen molar-refractivity contribution in [2.45, 2.75) is 6.54 Å². The van der Waals surface area contributed by atoms with E-state index in [4.69, 9.17) is 25.8 Å². The molecule has 0 aliphatic carbocycles. The minimum atomic E-state index is -0.584. The third-order valence-electron chi connectivity index (χ3n) is 4.28. The van der Waals surface area contributed by atoms with E-state index in [1.54, 1.807) is 12.1 Å². The molecular formula is C20H17ClFNO5S. The van der Waals surface area contributed by atoms with Crippen molar-refractivity contribution in [2.24, 2.45) is 0 Å². The van der Waals surface area contributed by atoms with Gasteiger partial charge in [-0.15, -0.1) is 0 Å². The van der Waals surface area contributed by atoms with Crippen LogP contribution >= 0.6 is 23.4 Å². The zero-order valence-corrected chi connectivity index (χ0v) is 17.4. The maximum absolute atomic E-state index is 14.1. The Morgan fingerprint density at radius 2 is 1.76 bits per heavy atom. The van der Waals surface area contributed by atoms with Gasteiger partial charge in [-0.2, -0.15) is 0 Å². The summed E-state index contributed by atoms with van der Waals surface area (Å²) in [7, 11) is 4.45. The second kappa shape index (κ2) is 8.75. The molecule has 0 unspecified atom stereocenters. The quantitative estimate of drug-likeness (QED) is 0.608. The zero-order valence-electron chi connectivity index (χ0n) is 15.8. The molecule has 0 N–H and O–H groups in total. The van der Waals surface area contributed by atoms with Crippen molar-refractivity contribution in [3.8, 4) is 17.2 Å². The lowest BCUT2D eigenvalue weighted by atomic mass is 10.1. The van der Waals surface area contributed by atoms with E-state index >= 15 is 0 Å². The predicted molar refractivity (Wildman–Crippen MR) is 109 cm³/mol. The van der Waals surface area contributed by atoms with Crippen LogP contribution in [0.25, 0.3) is 6.08 Å². The van der Waals surface area contributed by atoms with Gasteiger partial charge in [0.2, 0.25) is 0 Å². The lowest BCUT2D eigenvalue weighted by molar-refractivity contribution is -0.123. The van der Waals surface area contributed by atoms with Crippen molar-refractivity contribution in [3.05, 3.63) is 57.2 Å². The number of rotatable bonds is 6. The summed E-state index contributed by atoms with van der Waals surface area (Å²) >= 11 is 6.77. The van der Waals surface area contributed by atoms with Crippen LogP contribution < -0.4 is 14.2 Å². The SMILES string of the molecule is COc1cc(OC)c(/C=C2/SC(=O)N(Cc3c(F)cccc3Cl)C2=O)c(OC)c1. The molecule has 0 spiro atoms. The van der Waals surface area contributed by atoms with Crippen molar-refractivity contribution in [3.63, 3.8) is 0 Å². The molecule has 6 nitrogen and oxygen atoms in total. The van der Waals surface area contributed by atoms with Crippen LogP contribution in [-0.2, 0) is 11.3 Å². The Labute approximate surface area is 176 Å². The zero-order chi connectivity index (χ0) is 21.1. The molecule has 0 atom stereocenters. The molecule has 0 saturated carbocycles. The first-order chi connectivity index (χ1) is 13.9. The summed E-state index contributed by atoms with van der Waals surface area (Å²) in [6, 6.07) is 7.46. The fourth-order valence-corrected chi connectivity index (χ4v) is 3.83. The fraction of sp³-hybridized carbons (Fsp3) is 0.200. The van der Waals surface area contributed by atoms with Gasteiger partial charge in [0.25, 0.3) is 11.1 Å². The normalized spacial score (nSPS) is 15.2. The first-order valence-corrected chi connectivity index (χ1v) is 9.57. The molecule has 9 heteroatoms. The standard InChI is InChI=1S/C20H17ClFNO5S/c1-26-11-7-16(27-2)12(17(8-11)28-3)9-18-19(24)23(20(25)29-18)10-13-14(21)5-4-6-15(13)22/h4-9H,10H2,1-3H3/b18-9+. The maximum Gasteiger partial charge on any atom is 0.293 e. The number of nitrogens with zero attached hydrogens (tertiary/aromatic N) is 1. The van der Waals surface area contributed by atoms with Crippen LogP contribution in [0, 0.1) is 5.82 Å². The molecule has 0 bridgehead atoms. The van der Waals surface area contributed by atoms with E-state index in [1.165, 1.54) is 45.6 Å². The van der Waals surface area contributed by atoms with Crippen LogP contribution in [0.2, 0.25) is 5.02 Å². The van der Waals surface area contributed by atoms with Gasteiger partial charge in [0.15, 0.2) is 0 Å². The topological polar surface area (TPSA) is 65.1 Å². The monoisotopic (exact) mass is 437 g/mol. The van der Waals surface area contributed by atoms with E-state index in [2.05, 4.69) is 0 Å². The number of hydrogen-bond acceptors (Lipinski definition) is 6. The van der Waals surface area contributed by atoms with Gasteiger partial charge < -0.3 is 14.2 Å². The van der Waals surface area contributed by atoms with Gasteiger partial charge in [-0.25, -0.2) is 4.39 Å². The van der Waals surface area contributed by atoms with Gasteiger partial charge >= 0.3 is 0 Å². The van der Waals surface area contributed by atoms with Crippen LogP contribution in [0.4, 0.5) is 9.18 Å². The number of imide groups is 1. The predicted octanol–water partition coefficient (Wildman–Crippen LogP) is 4.74. The van der Waals surface area contributed by atoms with Gasteiger partial charge in [0.05, 0.1) is 38.3 Å². The third kappa shape index (κ3) is 4.18. The highest BCUT2D eigenvalue weighted by Crippen LogP contribution is 2.40. The minimum absolute atomic E-state index is 0.0809. The van der Waals surface area contributed by atoms with Crippen molar-refractivity contribution in [2.75, 3.05) is 21.3 Å². The molecule has 152 valence electrons. The van der Waals surface area contributed by atoms with Gasteiger partial charge in [0, 0.05) is 22.7 Å². The Balaban J connectivity index is 1.97. The molecule has 1 aliphatic rings. The third-order valence-corrected chi connectivity index (χ3v) is 5.54. The second-order valence-electron chi connectivity index (χ2n) is 5.91. The van der Waals surface area contributed by atoms with Crippen molar-refractivity contribution in [1.29, 1.82) is 0 Å². The Morgan fingerprint density at radius 1 is 1.10 bits per heavy atom. The highest BCUT2D eigenvalue weighted by molar-refractivity contribution is 8.18. The van der Waals surface area contributed by atoms with Crippen LogP contribution in [0.15, 0.2) is 35.2 Å². The first kappa shape index (κ1) is 21.0. The Morgan fingerprint density at radius 3 is 2.31 bits per heavy atom. The lowest BCUT2D eigenvalue weighted by Gasteiger charge is -2.14. The lowest BCUT2D eigenvalue weighted by Crippen LogP contribution is -2.28. The summed E-state index contributed by atoms with van der Waals surface area (Å²) in [5, 5.41) is -0.376. The van der Waals surface area contributed by atoms with Crippen molar-refractivity contribution in [1.82, 2.24) is 4.90 Å². The molecule has 1 heterocycles. The van der Waals surface area contributed by atoms with Crippen LogP contribution in [0.5, 0.6) is 17.2 Å². The Bertz CT molecular complexity index is 965. The van der Waals surface area contributed by atoms with Crippen molar-refractivity contribution < 1.29 is 28.2 Å². The number of methoxy groups -OCH3 is 3. The average molecular weight is 438 g/mol. The summed E-state index contributed by atoms with van der Waals surface area (Å²) in [6.07, 6.45) is 1.50. The summed E-state index contributed by atoms with van der Waals surface area (Å²) in [6.45, 7) is -0.260. The number of thioether (sulfide) groups is 1. The molecule has 1 fully saturated rings. The van der Waals surface area contributed by atoms with E-state index in [-0.39, 0.29) is 22.0 Å². The van der Waals surface area contributed by atoms with Crippen LogP contribution in [-0.4, -0.2) is 37.4 Å². The van der Waals surface area contributed by atoms with E-state index in [9.17, 15) is 14.0 Å². The molecular weight excluding hydrogens is 421 g/mol. The number of benzene rings is 2. The Kier molecular flexibility index (Phi) is 6.34. The average Bonchev–Trinajstić information content (AvgIpc) is 2.97. The van der Waals surface area contributed by atoms with E-state index < -0.39 is 17.0 Å². The number of carbonyl (C=O) groups excluding carboxylic acids is 2. The molecule has 3 rings (SSSR count). The summed E-state index contributed by atoms with van der Waals surface area (Å²) in [5.41, 5.74) is 0.558. The van der Waals surface area contributed by atoms with Crippen LogP contribution in [0.1, 0.15) is 11.1 Å². The highest BCUT2D eigenvalue weighted by atomic mass is 35.5. The van der Waals surface area contributed by atoms with Gasteiger partial charge in [-0.05, 0) is 30.0 Å². The van der Waals surface area contributed by atoms with Crippen LogP contribution in [0.3, 0.4) is 0 Å². The number of carbonyl (C=O) groups is 2. The number of amides is 2. The van der Waals surface area contributed by atoms with E-state index in [1.807, 2.05) is 0 Å². The number of halogens is 2. The number of hydrogen-bond donors (Lipinski definition) is 0.